The molecule has 3 heteroatoms. The molecule has 0 atom stereocenters. The minimum Gasteiger partial charge on any atom is -0.289 e. The van der Waals surface area contributed by atoms with Gasteiger partial charge in [0.15, 0.2) is 5.78 Å². The monoisotopic (exact) mass is 324 g/mol. The minimum atomic E-state index is -0.00547. The lowest BCUT2D eigenvalue weighted by Gasteiger charge is -2.08. The van der Waals surface area contributed by atoms with Crippen LogP contribution in [0, 0.1) is 6.92 Å². The molecule has 0 radical (unpaired) electrons. The SMILES string of the molecule is Cc1nc2cc(C(=O)c3ccccc3)ccc2nc1-c1ccccc1. The second-order valence-electron chi connectivity index (χ2n) is 5.92. The summed E-state index contributed by atoms with van der Waals surface area (Å²) in [5.41, 5.74) is 5.58. The fourth-order valence-electron chi connectivity index (χ4n) is 2.91. The molecule has 1 aromatic heterocycles. The van der Waals surface area contributed by atoms with Crippen molar-refractivity contribution in [2.24, 2.45) is 0 Å². The predicted molar refractivity (Wildman–Crippen MR) is 99.6 cm³/mol. The number of aromatic nitrogens is 2. The van der Waals surface area contributed by atoms with Crippen LogP contribution in [0.15, 0.2) is 78.9 Å². The van der Waals surface area contributed by atoms with Crippen LogP contribution in [0.25, 0.3) is 22.3 Å². The number of hydrogen-bond acceptors (Lipinski definition) is 3. The lowest BCUT2D eigenvalue weighted by Crippen LogP contribution is -2.02. The number of rotatable bonds is 3. The number of fused-ring (bicyclic) bond motifs is 1. The molecule has 4 rings (SSSR count). The van der Waals surface area contributed by atoms with Crippen LogP contribution in [0.1, 0.15) is 21.6 Å². The Morgan fingerprint density at radius 1 is 0.720 bits per heavy atom. The molecule has 0 unspecified atom stereocenters. The zero-order valence-electron chi connectivity index (χ0n) is 13.8. The maximum Gasteiger partial charge on any atom is 0.193 e. The Hall–Kier alpha value is -3.33. The Bertz CT molecular complexity index is 1060. The molecule has 4 aromatic rings. The summed E-state index contributed by atoms with van der Waals surface area (Å²) in [5, 5.41) is 0. The van der Waals surface area contributed by atoms with Gasteiger partial charge in [-0.25, -0.2) is 9.97 Å². The molecular weight excluding hydrogens is 308 g/mol. The number of hydrogen-bond donors (Lipinski definition) is 0. The first-order valence-corrected chi connectivity index (χ1v) is 8.16. The standard InChI is InChI=1S/C22H16N2O/c1-15-21(16-8-4-2-5-9-16)24-19-13-12-18(14-20(19)23-15)22(25)17-10-6-3-7-11-17/h2-14H,1H3. The molecule has 1 heterocycles. The zero-order chi connectivity index (χ0) is 17.2. The zero-order valence-corrected chi connectivity index (χ0v) is 13.8. The fourth-order valence-corrected chi connectivity index (χ4v) is 2.91. The lowest BCUT2D eigenvalue weighted by atomic mass is 10.0. The average Bonchev–Trinajstić information content (AvgIpc) is 2.68. The van der Waals surface area contributed by atoms with E-state index in [0.29, 0.717) is 11.1 Å². The van der Waals surface area contributed by atoms with Gasteiger partial charge >= 0.3 is 0 Å². The van der Waals surface area contributed by atoms with Crippen LogP contribution in [-0.2, 0) is 0 Å². The van der Waals surface area contributed by atoms with E-state index in [0.717, 1.165) is 28.0 Å². The molecule has 0 saturated heterocycles. The molecule has 120 valence electrons. The van der Waals surface area contributed by atoms with Crippen molar-refractivity contribution in [3.8, 4) is 11.3 Å². The normalized spacial score (nSPS) is 10.8. The minimum absolute atomic E-state index is 0.00547. The van der Waals surface area contributed by atoms with E-state index in [4.69, 9.17) is 4.98 Å². The molecule has 0 aliphatic heterocycles. The van der Waals surface area contributed by atoms with Crippen molar-refractivity contribution in [1.82, 2.24) is 9.97 Å². The highest BCUT2D eigenvalue weighted by atomic mass is 16.1. The number of benzene rings is 3. The van der Waals surface area contributed by atoms with Gasteiger partial charge in [-0.05, 0) is 25.1 Å². The first-order valence-electron chi connectivity index (χ1n) is 8.16. The Morgan fingerprint density at radius 2 is 1.40 bits per heavy atom. The molecule has 0 fully saturated rings. The third kappa shape index (κ3) is 2.92. The highest BCUT2D eigenvalue weighted by Crippen LogP contribution is 2.23. The van der Waals surface area contributed by atoms with Crippen molar-refractivity contribution >= 4 is 16.8 Å². The predicted octanol–water partition coefficient (Wildman–Crippen LogP) is 4.84. The molecule has 0 N–H and O–H groups in total. The first-order chi connectivity index (χ1) is 12.2. The summed E-state index contributed by atoms with van der Waals surface area (Å²) in [6.45, 7) is 1.94. The van der Waals surface area contributed by atoms with Crippen LogP contribution >= 0.6 is 0 Å². The third-order valence-electron chi connectivity index (χ3n) is 4.18. The molecule has 0 aliphatic rings. The van der Waals surface area contributed by atoms with Crippen LogP contribution in [0.5, 0.6) is 0 Å². The van der Waals surface area contributed by atoms with Crippen LogP contribution in [0.4, 0.5) is 0 Å². The summed E-state index contributed by atoms with van der Waals surface area (Å²) in [6, 6.07) is 24.8. The van der Waals surface area contributed by atoms with Gasteiger partial charge in [0.05, 0.1) is 22.4 Å². The van der Waals surface area contributed by atoms with Gasteiger partial charge in [-0.1, -0.05) is 60.7 Å². The maximum absolute atomic E-state index is 12.6. The average molecular weight is 324 g/mol. The molecule has 3 aromatic carbocycles. The van der Waals surface area contributed by atoms with Gasteiger partial charge in [0, 0.05) is 16.7 Å². The summed E-state index contributed by atoms with van der Waals surface area (Å²) in [7, 11) is 0. The van der Waals surface area contributed by atoms with Gasteiger partial charge < -0.3 is 0 Å². The van der Waals surface area contributed by atoms with Gasteiger partial charge in [0.1, 0.15) is 0 Å². The summed E-state index contributed by atoms with van der Waals surface area (Å²) in [5.74, 6) is -0.00547. The molecule has 0 amide bonds. The van der Waals surface area contributed by atoms with Gasteiger partial charge in [-0.2, -0.15) is 0 Å². The molecule has 25 heavy (non-hydrogen) atoms. The van der Waals surface area contributed by atoms with Gasteiger partial charge in [0.25, 0.3) is 0 Å². The van der Waals surface area contributed by atoms with Crippen molar-refractivity contribution in [3.05, 3.63) is 95.7 Å². The highest BCUT2D eigenvalue weighted by Gasteiger charge is 2.12. The van der Waals surface area contributed by atoms with Crippen LogP contribution in [-0.4, -0.2) is 15.8 Å². The summed E-state index contributed by atoms with van der Waals surface area (Å²) in [6.07, 6.45) is 0. The molecular formula is C22H16N2O. The Kier molecular flexibility index (Phi) is 3.82. The Labute approximate surface area is 146 Å². The van der Waals surface area contributed by atoms with Crippen molar-refractivity contribution in [2.45, 2.75) is 6.92 Å². The lowest BCUT2D eigenvalue weighted by molar-refractivity contribution is 0.103. The van der Waals surface area contributed by atoms with E-state index in [1.54, 1.807) is 0 Å². The quantitative estimate of drug-likeness (QED) is 0.507. The molecule has 0 saturated carbocycles. The third-order valence-corrected chi connectivity index (χ3v) is 4.18. The first kappa shape index (κ1) is 15.2. The van der Waals surface area contributed by atoms with E-state index in [9.17, 15) is 4.79 Å². The van der Waals surface area contributed by atoms with E-state index < -0.39 is 0 Å². The number of carbonyl (C=O) groups excluding carboxylic acids is 1. The number of carbonyl (C=O) groups is 1. The Morgan fingerprint density at radius 3 is 2.12 bits per heavy atom. The van der Waals surface area contributed by atoms with Gasteiger partial charge in [0.2, 0.25) is 0 Å². The van der Waals surface area contributed by atoms with E-state index in [1.807, 2.05) is 85.8 Å². The topological polar surface area (TPSA) is 42.9 Å². The van der Waals surface area contributed by atoms with Crippen LogP contribution in [0.3, 0.4) is 0 Å². The summed E-state index contributed by atoms with van der Waals surface area (Å²) < 4.78 is 0. The largest absolute Gasteiger partial charge is 0.289 e. The Balaban J connectivity index is 1.79. The molecule has 0 spiro atoms. The van der Waals surface area contributed by atoms with E-state index in [1.165, 1.54) is 0 Å². The van der Waals surface area contributed by atoms with Crippen LogP contribution < -0.4 is 0 Å². The number of ketones is 1. The second kappa shape index (κ2) is 6.29. The van der Waals surface area contributed by atoms with Crippen molar-refractivity contribution in [2.75, 3.05) is 0 Å². The van der Waals surface area contributed by atoms with Crippen LogP contribution in [0.2, 0.25) is 0 Å². The van der Waals surface area contributed by atoms with Gasteiger partial charge in [-0.15, -0.1) is 0 Å². The summed E-state index contributed by atoms with van der Waals surface area (Å²) in [4.78, 5) is 22.0. The van der Waals surface area contributed by atoms with Crippen molar-refractivity contribution in [3.63, 3.8) is 0 Å². The molecule has 0 aliphatic carbocycles. The number of nitrogens with zero attached hydrogens (tertiary/aromatic N) is 2. The molecule has 0 bridgehead atoms. The van der Waals surface area contributed by atoms with E-state index in [-0.39, 0.29) is 5.78 Å². The smallest absolute Gasteiger partial charge is 0.193 e. The fraction of sp³-hybridized carbons (Fsp3) is 0.0455. The van der Waals surface area contributed by atoms with E-state index >= 15 is 0 Å². The highest BCUT2D eigenvalue weighted by molar-refractivity contribution is 6.10. The number of aryl methyl sites for hydroxylation is 1. The summed E-state index contributed by atoms with van der Waals surface area (Å²) >= 11 is 0. The maximum atomic E-state index is 12.6. The second-order valence-corrected chi connectivity index (χ2v) is 5.92. The van der Waals surface area contributed by atoms with Crippen molar-refractivity contribution in [1.29, 1.82) is 0 Å². The molecule has 3 nitrogen and oxygen atoms in total. The van der Waals surface area contributed by atoms with Gasteiger partial charge in [-0.3, -0.25) is 4.79 Å². The van der Waals surface area contributed by atoms with Crippen molar-refractivity contribution < 1.29 is 4.79 Å². The van der Waals surface area contributed by atoms with E-state index in [2.05, 4.69) is 4.98 Å².